The van der Waals surface area contributed by atoms with Gasteiger partial charge in [-0.3, -0.25) is 0 Å². The second-order valence-corrected chi connectivity index (χ2v) is 4.97. The Balaban J connectivity index is 1.71. The van der Waals surface area contributed by atoms with Gasteiger partial charge in [-0.2, -0.15) is 0 Å². The second-order valence-electron chi connectivity index (χ2n) is 4.53. The Morgan fingerprint density at radius 3 is 2.50 bits per heavy atom. The molecule has 0 aliphatic carbocycles. The Bertz CT molecular complexity index is 613. The van der Waals surface area contributed by atoms with Gasteiger partial charge in [0, 0.05) is 17.5 Å². The van der Waals surface area contributed by atoms with E-state index in [1.165, 1.54) is 0 Å². The van der Waals surface area contributed by atoms with Crippen LogP contribution in [0.1, 0.15) is 16.8 Å². The van der Waals surface area contributed by atoms with E-state index in [0.717, 1.165) is 0 Å². The second kappa shape index (κ2) is 8.29. The smallest absolute Gasteiger partial charge is 0.338 e. The molecular weight excluding hydrogens is 304 g/mol. The first-order valence-corrected chi connectivity index (χ1v) is 7.26. The molecule has 0 bridgehead atoms. The number of benzene rings is 2. The lowest BCUT2D eigenvalue weighted by Crippen LogP contribution is -2.09. The summed E-state index contributed by atoms with van der Waals surface area (Å²) in [6, 6.07) is 14.1. The summed E-state index contributed by atoms with van der Waals surface area (Å²) in [7, 11) is 1.57. The van der Waals surface area contributed by atoms with E-state index in [-0.39, 0.29) is 5.97 Å². The summed E-state index contributed by atoms with van der Waals surface area (Å²) in [6.45, 7) is 0.719. The van der Waals surface area contributed by atoms with E-state index in [2.05, 4.69) is 0 Å². The van der Waals surface area contributed by atoms with Gasteiger partial charge in [0.1, 0.15) is 11.5 Å². The van der Waals surface area contributed by atoms with Gasteiger partial charge in [-0.1, -0.05) is 29.8 Å². The predicted molar refractivity (Wildman–Crippen MR) is 84.8 cm³/mol. The molecule has 0 heterocycles. The normalized spacial score (nSPS) is 10.1. The summed E-state index contributed by atoms with van der Waals surface area (Å²) < 4.78 is 15.8. The number of methoxy groups -OCH3 is 1. The summed E-state index contributed by atoms with van der Waals surface area (Å²) in [4.78, 5) is 11.7. The van der Waals surface area contributed by atoms with Crippen LogP contribution in [-0.4, -0.2) is 26.3 Å². The third-order valence-corrected chi connectivity index (χ3v) is 3.10. The lowest BCUT2D eigenvalue weighted by molar-refractivity contribution is 0.0486. The van der Waals surface area contributed by atoms with Gasteiger partial charge in [0.15, 0.2) is 0 Å². The van der Waals surface area contributed by atoms with Crippen LogP contribution in [0.25, 0.3) is 0 Å². The molecule has 0 N–H and O–H groups in total. The number of carbonyl (C=O) groups is 1. The van der Waals surface area contributed by atoms with Crippen LogP contribution in [0.5, 0.6) is 11.5 Å². The molecule has 0 amide bonds. The number of hydrogen-bond donors (Lipinski definition) is 0. The molecule has 2 aromatic rings. The lowest BCUT2D eigenvalue weighted by Gasteiger charge is -2.09. The van der Waals surface area contributed by atoms with Crippen molar-refractivity contribution in [3.05, 3.63) is 59.1 Å². The van der Waals surface area contributed by atoms with Gasteiger partial charge in [-0.25, -0.2) is 4.79 Å². The molecule has 0 aliphatic rings. The maximum absolute atomic E-state index is 11.7. The molecule has 4 nitrogen and oxygen atoms in total. The Morgan fingerprint density at radius 2 is 1.77 bits per heavy atom. The highest BCUT2D eigenvalue weighted by Gasteiger charge is 2.05. The van der Waals surface area contributed by atoms with Crippen LogP contribution in [-0.2, 0) is 4.74 Å². The minimum Gasteiger partial charge on any atom is -0.497 e. The van der Waals surface area contributed by atoms with Crippen molar-refractivity contribution in [2.24, 2.45) is 0 Å². The van der Waals surface area contributed by atoms with E-state index in [4.69, 9.17) is 25.8 Å². The highest BCUT2D eigenvalue weighted by atomic mass is 35.5. The zero-order chi connectivity index (χ0) is 15.8. The molecule has 0 fully saturated rings. The number of ether oxygens (including phenoxy) is 3. The fourth-order valence-electron chi connectivity index (χ4n) is 1.81. The highest BCUT2D eigenvalue weighted by molar-refractivity contribution is 6.30. The third-order valence-electron chi connectivity index (χ3n) is 2.88. The Morgan fingerprint density at radius 1 is 1.05 bits per heavy atom. The van der Waals surface area contributed by atoms with Crippen molar-refractivity contribution in [3.63, 3.8) is 0 Å². The molecule has 5 heteroatoms. The summed E-state index contributed by atoms with van der Waals surface area (Å²) >= 11 is 5.95. The van der Waals surface area contributed by atoms with Crippen LogP contribution < -0.4 is 9.47 Å². The zero-order valence-electron chi connectivity index (χ0n) is 12.3. The summed E-state index contributed by atoms with van der Waals surface area (Å²) in [6.07, 6.45) is 0.591. The van der Waals surface area contributed by atoms with Crippen molar-refractivity contribution in [2.45, 2.75) is 6.42 Å². The van der Waals surface area contributed by atoms with E-state index < -0.39 is 0 Å². The first kappa shape index (κ1) is 16.2. The molecule has 0 spiro atoms. The molecule has 2 aromatic carbocycles. The fraction of sp³-hybridized carbons (Fsp3) is 0.235. The SMILES string of the molecule is COc1cc(Cl)cc(OCCCOC(=O)c2ccccc2)c1. The summed E-state index contributed by atoms with van der Waals surface area (Å²) in [5.74, 6) is 0.932. The number of rotatable bonds is 7. The largest absolute Gasteiger partial charge is 0.497 e. The average Bonchev–Trinajstić information content (AvgIpc) is 2.54. The van der Waals surface area contributed by atoms with Gasteiger partial charge < -0.3 is 14.2 Å². The summed E-state index contributed by atoms with van der Waals surface area (Å²) in [5.41, 5.74) is 0.544. The fourth-order valence-corrected chi connectivity index (χ4v) is 2.02. The van der Waals surface area contributed by atoms with E-state index in [0.29, 0.717) is 41.7 Å². The van der Waals surface area contributed by atoms with Crippen molar-refractivity contribution in [1.29, 1.82) is 0 Å². The van der Waals surface area contributed by atoms with Crippen molar-refractivity contribution in [2.75, 3.05) is 20.3 Å². The van der Waals surface area contributed by atoms with Crippen molar-refractivity contribution in [1.82, 2.24) is 0 Å². The van der Waals surface area contributed by atoms with Gasteiger partial charge >= 0.3 is 5.97 Å². The molecule has 0 atom stereocenters. The van der Waals surface area contributed by atoms with Gasteiger partial charge in [0.2, 0.25) is 0 Å². The topological polar surface area (TPSA) is 44.8 Å². The van der Waals surface area contributed by atoms with Crippen molar-refractivity contribution in [3.8, 4) is 11.5 Å². The van der Waals surface area contributed by atoms with Crippen LogP contribution in [0.2, 0.25) is 5.02 Å². The molecule has 0 aliphatic heterocycles. The molecule has 22 heavy (non-hydrogen) atoms. The first-order valence-electron chi connectivity index (χ1n) is 6.88. The van der Waals surface area contributed by atoms with Crippen LogP contribution >= 0.6 is 11.6 Å². The lowest BCUT2D eigenvalue weighted by atomic mass is 10.2. The first-order chi connectivity index (χ1) is 10.7. The number of carbonyl (C=O) groups excluding carboxylic acids is 1. The molecular formula is C17H17ClO4. The van der Waals surface area contributed by atoms with Gasteiger partial charge in [0.05, 0.1) is 25.9 Å². The quantitative estimate of drug-likeness (QED) is 0.572. The van der Waals surface area contributed by atoms with Crippen LogP contribution in [0.3, 0.4) is 0 Å². The molecule has 0 aromatic heterocycles. The Hall–Kier alpha value is -2.20. The molecule has 2 rings (SSSR count). The number of halogens is 1. The molecule has 0 unspecified atom stereocenters. The highest BCUT2D eigenvalue weighted by Crippen LogP contribution is 2.25. The summed E-state index contributed by atoms with van der Waals surface area (Å²) in [5, 5.41) is 0.546. The van der Waals surface area contributed by atoms with Crippen LogP contribution in [0.4, 0.5) is 0 Å². The van der Waals surface area contributed by atoms with E-state index in [1.54, 1.807) is 49.6 Å². The molecule has 0 radical (unpaired) electrons. The van der Waals surface area contributed by atoms with Crippen LogP contribution in [0, 0.1) is 0 Å². The minimum atomic E-state index is -0.329. The van der Waals surface area contributed by atoms with Crippen molar-refractivity contribution < 1.29 is 19.0 Å². The molecule has 0 saturated heterocycles. The van der Waals surface area contributed by atoms with Gasteiger partial charge in [-0.05, 0) is 24.3 Å². The van der Waals surface area contributed by atoms with Crippen LogP contribution in [0.15, 0.2) is 48.5 Å². The van der Waals surface area contributed by atoms with E-state index in [1.807, 2.05) is 6.07 Å². The molecule has 0 saturated carbocycles. The average molecular weight is 321 g/mol. The monoisotopic (exact) mass is 320 g/mol. The van der Waals surface area contributed by atoms with Crippen molar-refractivity contribution >= 4 is 17.6 Å². The Kier molecular flexibility index (Phi) is 6.10. The minimum absolute atomic E-state index is 0.297. The standard InChI is InChI=1S/C17H17ClO4/c1-20-15-10-14(18)11-16(12-15)21-8-5-9-22-17(19)13-6-3-2-4-7-13/h2-4,6-7,10-12H,5,8-9H2,1H3. The predicted octanol–water partition coefficient (Wildman–Crippen LogP) is 3.97. The number of esters is 1. The van der Waals surface area contributed by atoms with Gasteiger partial charge in [0.25, 0.3) is 0 Å². The number of hydrogen-bond acceptors (Lipinski definition) is 4. The van der Waals surface area contributed by atoms with E-state index in [9.17, 15) is 4.79 Å². The third kappa shape index (κ3) is 4.97. The maximum Gasteiger partial charge on any atom is 0.338 e. The van der Waals surface area contributed by atoms with Gasteiger partial charge in [-0.15, -0.1) is 0 Å². The van der Waals surface area contributed by atoms with E-state index >= 15 is 0 Å². The maximum atomic E-state index is 11.7. The Labute approximate surface area is 134 Å². The molecule has 116 valence electrons. The zero-order valence-corrected chi connectivity index (χ0v) is 13.0.